The van der Waals surface area contributed by atoms with Gasteiger partial charge in [0, 0.05) is 37.8 Å². The van der Waals surface area contributed by atoms with Gasteiger partial charge in [0.15, 0.2) is 24.3 Å². The molecule has 30 heteroatoms. The van der Waals surface area contributed by atoms with Gasteiger partial charge < -0.3 is 125 Å². The number of benzene rings is 1. The quantitative estimate of drug-likeness (QED) is 0.0326. The van der Waals surface area contributed by atoms with E-state index < -0.39 is 189 Å². The standard InChI is InChI=1S/C49H73N3O27/c1-20-34(62)37(65)38(66)46(73-20)77-42-33(52-44(68)23-15-25(58)22-11-10-12-24(57)31(22)51-23)45(72-14-9-7-5-4-6-8-13-30(61)71-3)75-29(19-55)40(42)76-47-39(67)43(36(64)28(18-54)74-47)79-49(48(69)70)16-26(59)32(50-21(2)56)41(78-49)35(63)27(60)17-53/h10-12,15,20,26-29,32-43,45-47,53-55,57,59-60,62-67H,4-9,13-14,16-19H2,1-3H3,(H,50,56)(H,51,58)(H,52,68)(H,69,70)/t20?,26?,27?,28?,29?,32-,33?,34+,35?,36-,37?,38?,39?,40+,41?,42?,43?,45-,46+,47?,49+/m1/s1. The van der Waals surface area contributed by atoms with Crippen molar-refractivity contribution in [3.05, 3.63) is 40.2 Å². The lowest BCUT2D eigenvalue weighted by molar-refractivity contribution is -0.391. The molecule has 1 aromatic heterocycles. The highest BCUT2D eigenvalue weighted by atomic mass is 16.8. The fourth-order valence-electron chi connectivity index (χ4n) is 9.87. The molecular formula is C49H73N3O27. The predicted molar refractivity (Wildman–Crippen MR) is 261 cm³/mol. The number of unbranched alkanes of at least 4 members (excludes halogenated alkanes) is 5. The molecule has 4 fully saturated rings. The molecule has 0 spiro atoms. The van der Waals surface area contributed by atoms with Crippen LogP contribution in [-0.4, -0.2) is 257 Å². The van der Waals surface area contributed by atoms with E-state index in [1.54, 1.807) is 0 Å². The van der Waals surface area contributed by atoms with Crippen LogP contribution in [0.5, 0.6) is 5.75 Å². The molecule has 4 aliphatic rings. The van der Waals surface area contributed by atoms with Crippen molar-refractivity contribution in [3.8, 4) is 5.75 Å². The van der Waals surface area contributed by atoms with E-state index in [0.29, 0.717) is 25.7 Å². The summed E-state index contributed by atoms with van der Waals surface area (Å²) in [4.78, 5) is 67.3. The van der Waals surface area contributed by atoms with Crippen LogP contribution in [0.3, 0.4) is 0 Å². The molecule has 16 N–H and O–H groups in total. The largest absolute Gasteiger partial charge is 0.506 e. The molecule has 4 saturated heterocycles. The zero-order chi connectivity index (χ0) is 58.0. The highest BCUT2D eigenvalue weighted by molar-refractivity contribution is 5.96. The molecule has 6 rings (SSSR count). The molecule has 2 amide bonds. The minimum absolute atomic E-state index is 0.00760. The number of fused-ring (bicyclic) bond motifs is 1. The topological polar surface area (TPSA) is 471 Å². The molecule has 0 saturated carbocycles. The monoisotopic (exact) mass is 1140 g/mol. The third-order valence-electron chi connectivity index (χ3n) is 14.2. The first-order valence-corrected chi connectivity index (χ1v) is 25.8. The van der Waals surface area contributed by atoms with E-state index in [0.717, 1.165) is 25.8 Å². The predicted octanol–water partition coefficient (Wildman–Crippen LogP) is -5.46. The molecule has 79 heavy (non-hydrogen) atoms. The number of carbonyl (C=O) groups excluding carboxylic acids is 3. The average Bonchev–Trinajstić information content (AvgIpc) is 3.50. The van der Waals surface area contributed by atoms with E-state index in [4.69, 9.17) is 37.9 Å². The molecule has 0 aliphatic carbocycles. The van der Waals surface area contributed by atoms with Gasteiger partial charge in [-0.1, -0.05) is 31.7 Å². The number of rotatable bonds is 25. The Labute approximate surface area is 450 Å². The Hall–Kier alpha value is -4.65. The van der Waals surface area contributed by atoms with Gasteiger partial charge in [-0.25, -0.2) is 4.79 Å². The number of amides is 2. The maximum absolute atomic E-state index is 14.4. The molecule has 21 atom stereocenters. The number of H-pyrrole nitrogens is 1. The van der Waals surface area contributed by atoms with Gasteiger partial charge >= 0.3 is 11.9 Å². The van der Waals surface area contributed by atoms with Crippen molar-refractivity contribution in [2.75, 3.05) is 33.5 Å². The number of phenols is 1. The lowest BCUT2D eigenvalue weighted by Gasteiger charge is -2.51. The van der Waals surface area contributed by atoms with E-state index in [1.807, 2.05) is 0 Å². The van der Waals surface area contributed by atoms with Crippen molar-refractivity contribution in [3.63, 3.8) is 0 Å². The number of esters is 1. The molecule has 0 radical (unpaired) electrons. The molecule has 0 bridgehead atoms. The Morgan fingerprint density at radius 3 is 2.08 bits per heavy atom. The number of hydrogen-bond acceptors (Lipinski definition) is 26. The lowest BCUT2D eigenvalue weighted by atomic mass is 9.88. The number of aromatic amines is 1. The number of hydrogen-bond donors (Lipinski definition) is 16. The number of ether oxygens (including phenoxy) is 9. The number of carboxylic acid groups (broad SMARTS) is 1. The number of carboxylic acids is 1. The van der Waals surface area contributed by atoms with Crippen molar-refractivity contribution in [2.45, 2.75) is 194 Å². The molecule has 5 heterocycles. The third kappa shape index (κ3) is 14.9. The van der Waals surface area contributed by atoms with Gasteiger partial charge in [0.2, 0.25) is 5.91 Å². The van der Waals surface area contributed by atoms with Gasteiger partial charge in [0.05, 0.1) is 50.7 Å². The van der Waals surface area contributed by atoms with E-state index in [9.17, 15) is 90.4 Å². The van der Waals surface area contributed by atoms with Crippen molar-refractivity contribution >= 4 is 34.7 Å². The van der Waals surface area contributed by atoms with E-state index in [2.05, 4.69) is 20.4 Å². The summed E-state index contributed by atoms with van der Waals surface area (Å²) in [5.41, 5.74) is -1.28. The van der Waals surface area contributed by atoms with Crippen LogP contribution in [0, 0.1) is 0 Å². The average molecular weight is 1140 g/mol. The fourth-order valence-corrected chi connectivity index (χ4v) is 9.87. The summed E-state index contributed by atoms with van der Waals surface area (Å²) in [7, 11) is 1.30. The van der Waals surface area contributed by atoms with Crippen LogP contribution in [0.4, 0.5) is 0 Å². The lowest BCUT2D eigenvalue weighted by Crippen LogP contribution is -2.71. The van der Waals surface area contributed by atoms with Gasteiger partial charge in [-0.3, -0.25) is 19.2 Å². The number of phenolic OH excluding ortho intramolecular Hbond substituents is 1. The Balaban J connectivity index is 1.37. The number of aliphatic hydroxyl groups is 11. The number of carbonyl (C=O) groups is 4. The normalized spacial score (nSPS) is 35.8. The highest BCUT2D eigenvalue weighted by Gasteiger charge is 2.61. The Bertz CT molecular complexity index is 2400. The Morgan fingerprint density at radius 1 is 0.785 bits per heavy atom. The van der Waals surface area contributed by atoms with Gasteiger partial charge in [-0.15, -0.1) is 0 Å². The summed E-state index contributed by atoms with van der Waals surface area (Å²) in [5, 5.41) is 146. The smallest absolute Gasteiger partial charge is 0.364 e. The van der Waals surface area contributed by atoms with E-state index in [1.165, 1.54) is 32.2 Å². The van der Waals surface area contributed by atoms with Crippen LogP contribution >= 0.6 is 0 Å². The summed E-state index contributed by atoms with van der Waals surface area (Å²) in [6, 6.07) is 1.57. The molecule has 30 nitrogen and oxygen atoms in total. The number of aromatic hydroxyl groups is 1. The van der Waals surface area contributed by atoms with Crippen molar-refractivity contribution < 1.29 is 128 Å². The maximum Gasteiger partial charge on any atom is 0.364 e. The van der Waals surface area contributed by atoms with Gasteiger partial charge in [-0.05, 0) is 31.9 Å². The van der Waals surface area contributed by atoms with Crippen molar-refractivity contribution in [2.24, 2.45) is 0 Å². The highest BCUT2D eigenvalue weighted by Crippen LogP contribution is 2.39. The third-order valence-corrected chi connectivity index (χ3v) is 14.2. The summed E-state index contributed by atoms with van der Waals surface area (Å²) < 4.78 is 52.9. The first kappa shape index (κ1) is 63.5. The van der Waals surface area contributed by atoms with Crippen molar-refractivity contribution in [1.82, 2.24) is 15.6 Å². The summed E-state index contributed by atoms with van der Waals surface area (Å²) in [6.07, 6.45) is -32.5. The number of aliphatic hydroxyl groups excluding tert-OH is 11. The Morgan fingerprint density at radius 2 is 1.43 bits per heavy atom. The summed E-state index contributed by atoms with van der Waals surface area (Å²) >= 11 is 0. The molecule has 446 valence electrons. The number of aromatic nitrogens is 1. The summed E-state index contributed by atoms with van der Waals surface area (Å²) in [6.45, 7) is -1.01. The fraction of sp³-hybridized carbons (Fsp3) is 0.735. The molecule has 4 aliphatic heterocycles. The number of nitrogens with one attached hydrogen (secondary N) is 3. The van der Waals surface area contributed by atoms with Crippen LogP contribution in [0.15, 0.2) is 29.1 Å². The molecular weight excluding hydrogens is 1060 g/mol. The summed E-state index contributed by atoms with van der Waals surface area (Å²) in [5.74, 6) is -7.89. The molecule has 14 unspecified atom stereocenters. The van der Waals surface area contributed by atoms with Gasteiger partial charge in [0.1, 0.15) is 96.8 Å². The second-order valence-electron chi connectivity index (χ2n) is 19.8. The first-order chi connectivity index (χ1) is 37.5. The van der Waals surface area contributed by atoms with Crippen LogP contribution in [0.1, 0.15) is 75.7 Å². The number of pyridine rings is 1. The minimum atomic E-state index is -3.20. The van der Waals surface area contributed by atoms with Crippen LogP contribution in [-0.2, 0) is 57.0 Å². The van der Waals surface area contributed by atoms with Crippen LogP contribution in [0.2, 0.25) is 0 Å². The van der Waals surface area contributed by atoms with Gasteiger partial charge in [-0.2, -0.15) is 0 Å². The zero-order valence-electron chi connectivity index (χ0n) is 43.4. The molecule has 2 aromatic rings. The maximum atomic E-state index is 14.4. The second-order valence-corrected chi connectivity index (χ2v) is 19.8. The van der Waals surface area contributed by atoms with Crippen molar-refractivity contribution in [1.29, 1.82) is 0 Å². The number of para-hydroxylation sites is 1. The zero-order valence-corrected chi connectivity index (χ0v) is 43.4. The SMILES string of the molecule is COC(=O)CCCCCCCCO[C@@H]1OC(CO)[C@H](OC2OC(CO)[C@@H](O)C(O[C@]3(C(=O)O)CC(O)[C@@H](NC(C)=O)C(C(O)C(O)CO)O3)C2O)C(O[C@@H]2OC(C)[C@H](O)C(O)C2O)C1NC(=O)c1cc(=O)c2cccc(O)c2[nH]1. The second kappa shape index (κ2) is 28.4. The van der Waals surface area contributed by atoms with E-state index >= 15 is 0 Å². The first-order valence-electron chi connectivity index (χ1n) is 25.8. The van der Waals surface area contributed by atoms with Crippen LogP contribution in [0.25, 0.3) is 10.9 Å². The Kier molecular flexibility index (Phi) is 22.8. The van der Waals surface area contributed by atoms with Gasteiger partial charge in [0.25, 0.3) is 11.7 Å². The number of methoxy groups -OCH3 is 1. The number of aliphatic carboxylic acids is 1. The minimum Gasteiger partial charge on any atom is -0.506 e. The van der Waals surface area contributed by atoms with Crippen LogP contribution < -0.4 is 16.1 Å². The molecule has 1 aromatic carbocycles. The van der Waals surface area contributed by atoms with E-state index in [-0.39, 0.29) is 29.9 Å².